The fourth-order valence-electron chi connectivity index (χ4n) is 3.97. The Morgan fingerprint density at radius 2 is 1.79 bits per heavy atom. The number of hydrogen-bond acceptors (Lipinski definition) is 4. The molecule has 0 fully saturated rings. The second-order valence-corrected chi connectivity index (χ2v) is 6.78. The van der Waals surface area contributed by atoms with E-state index in [2.05, 4.69) is 27.4 Å². The number of anilines is 2. The third-order valence-electron chi connectivity index (χ3n) is 5.15. The Kier molecular flexibility index (Phi) is 3.86. The van der Waals surface area contributed by atoms with Crippen LogP contribution in [-0.4, -0.2) is 16.6 Å². The molecular weight excluding hydrogens is 350 g/mol. The van der Waals surface area contributed by atoms with Gasteiger partial charge in [0.1, 0.15) is 11.6 Å². The minimum Gasteiger partial charge on any atom is -0.494 e. The fourth-order valence-corrected chi connectivity index (χ4v) is 3.97. The second-order valence-electron chi connectivity index (χ2n) is 6.78. The van der Waals surface area contributed by atoms with Crippen LogP contribution in [0.25, 0.3) is 10.8 Å². The molecule has 0 saturated carbocycles. The van der Waals surface area contributed by atoms with Crippen molar-refractivity contribution in [1.29, 1.82) is 0 Å². The minimum atomic E-state index is -0.0976. The lowest BCUT2D eigenvalue weighted by atomic mass is 9.83. The fraction of sp³-hybridized carbons (Fsp3) is 0.130. The van der Waals surface area contributed by atoms with Crippen molar-refractivity contribution in [2.24, 2.45) is 0 Å². The van der Waals surface area contributed by atoms with Gasteiger partial charge in [0.2, 0.25) is 0 Å². The van der Waals surface area contributed by atoms with Gasteiger partial charge in [-0.15, -0.1) is 0 Å². The van der Waals surface area contributed by atoms with Crippen molar-refractivity contribution in [3.63, 3.8) is 0 Å². The van der Waals surface area contributed by atoms with Gasteiger partial charge in [-0.3, -0.25) is 9.78 Å². The van der Waals surface area contributed by atoms with E-state index in [9.17, 15) is 4.79 Å². The van der Waals surface area contributed by atoms with Crippen LogP contribution in [0, 0.1) is 0 Å². The summed E-state index contributed by atoms with van der Waals surface area (Å²) in [5.41, 5.74) is 3.88. The molecule has 0 aliphatic carbocycles. The molecule has 5 nitrogen and oxygen atoms in total. The average molecular weight is 369 g/mol. The first kappa shape index (κ1) is 16.6. The lowest BCUT2D eigenvalue weighted by Crippen LogP contribution is -2.21. The highest BCUT2D eigenvalue weighted by molar-refractivity contribution is 5.92. The maximum Gasteiger partial charge on any atom is 0.257 e. The van der Waals surface area contributed by atoms with E-state index in [-0.39, 0.29) is 11.5 Å². The molecule has 0 radical (unpaired) electrons. The van der Waals surface area contributed by atoms with Crippen LogP contribution in [0.4, 0.5) is 11.5 Å². The lowest BCUT2D eigenvalue weighted by Gasteiger charge is -2.29. The quantitative estimate of drug-likeness (QED) is 0.489. The van der Waals surface area contributed by atoms with Crippen molar-refractivity contribution in [1.82, 2.24) is 9.97 Å². The van der Waals surface area contributed by atoms with E-state index in [0.29, 0.717) is 12.0 Å². The smallest absolute Gasteiger partial charge is 0.257 e. The highest BCUT2D eigenvalue weighted by Gasteiger charge is 2.31. The molecule has 0 bridgehead atoms. The molecule has 5 rings (SSSR count). The second kappa shape index (κ2) is 6.53. The SMILES string of the molecule is CCOc1ccc(C2c3ncccc3Nc3[nH]c(=O)c4ccccc4c32)cc1. The number of hydrogen-bond donors (Lipinski definition) is 2. The Hall–Kier alpha value is -3.60. The third-order valence-corrected chi connectivity index (χ3v) is 5.15. The monoisotopic (exact) mass is 369 g/mol. The lowest BCUT2D eigenvalue weighted by molar-refractivity contribution is 0.340. The molecule has 0 amide bonds. The average Bonchev–Trinajstić information content (AvgIpc) is 2.73. The van der Waals surface area contributed by atoms with Crippen LogP contribution in [0.15, 0.2) is 71.7 Å². The van der Waals surface area contributed by atoms with Crippen molar-refractivity contribution in [3.05, 3.63) is 94.0 Å². The number of benzene rings is 2. The predicted molar refractivity (Wildman–Crippen MR) is 111 cm³/mol. The summed E-state index contributed by atoms with van der Waals surface area (Å²) in [6.45, 7) is 2.60. The predicted octanol–water partition coefficient (Wildman–Crippen LogP) is 4.56. The van der Waals surface area contributed by atoms with E-state index < -0.39 is 0 Å². The number of aromatic nitrogens is 2. The number of rotatable bonds is 3. The number of pyridine rings is 2. The summed E-state index contributed by atoms with van der Waals surface area (Å²) in [5, 5.41) is 4.98. The van der Waals surface area contributed by atoms with Crippen LogP contribution in [0.3, 0.4) is 0 Å². The van der Waals surface area contributed by atoms with Crippen LogP contribution in [0.1, 0.15) is 29.7 Å². The maximum absolute atomic E-state index is 12.6. The highest BCUT2D eigenvalue weighted by Crippen LogP contribution is 2.45. The number of nitrogens with zero attached hydrogens (tertiary/aromatic N) is 1. The summed E-state index contributed by atoms with van der Waals surface area (Å²) in [6.07, 6.45) is 1.81. The summed E-state index contributed by atoms with van der Waals surface area (Å²) >= 11 is 0. The summed E-state index contributed by atoms with van der Waals surface area (Å²) in [5.74, 6) is 1.47. The molecule has 5 heteroatoms. The Bertz CT molecular complexity index is 1230. The van der Waals surface area contributed by atoms with E-state index in [1.165, 1.54) is 0 Å². The molecule has 28 heavy (non-hydrogen) atoms. The molecule has 0 spiro atoms. The van der Waals surface area contributed by atoms with Gasteiger partial charge in [-0.1, -0.05) is 30.3 Å². The van der Waals surface area contributed by atoms with Crippen LogP contribution in [0.5, 0.6) is 5.75 Å². The van der Waals surface area contributed by atoms with E-state index in [4.69, 9.17) is 4.74 Å². The number of ether oxygens (including phenoxy) is 1. The molecule has 1 aliphatic heterocycles. The van der Waals surface area contributed by atoms with Gasteiger partial charge < -0.3 is 15.0 Å². The van der Waals surface area contributed by atoms with Crippen LogP contribution in [0.2, 0.25) is 0 Å². The van der Waals surface area contributed by atoms with Gasteiger partial charge in [0, 0.05) is 17.1 Å². The van der Waals surface area contributed by atoms with Crippen molar-refractivity contribution < 1.29 is 4.74 Å². The van der Waals surface area contributed by atoms with Gasteiger partial charge >= 0.3 is 0 Å². The number of H-pyrrole nitrogens is 1. The van der Waals surface area contributed by atoms with Gasteiger partial charge in [-0.05, 0) is 48.2 Å². The topological polar surface area (TPSA) is 67.0 Å². The number of aromatic amines is 1. The van der Waals surface area contributed by atoms with Gasteiger partial charge in [-0.25, -0.2) is 0 Å². The molecular formula is C23H19N3O2. The summed E-state index contributed by atoms with van der Waals surface area (Å²) in [4.78, 5) is 20.3. The van der Waals surface area contributed by atoms with Crippen molar-refractivity contribution >= 4 is 22.3 Å². The Morgan fingerprint density at radius 1 is 1.00 bits per heavy atom. The van der Waals surface area contributed by atoms with Gasteiger partial charge in [0.05, 0.1) is 23.9 Å². The molecule has 138 valence electrons. The molecule has 0 saturated heterocycles. The van der Waals surface area contributed by atoms with Crippen LogP contribution < -0.4 is 15.6 Å². The summed E-state index contributed by atoms with van der Waals surface area (Å²) < 4.78 is 5.60. The highest BCUT2D eigenvalue weighted by atomic mass is 16.5. The molecule has 1 aliphatic rings. The zero-order valence-corrected chi connectivity index (χ0v) is 15.4. The first-order valence-electron chi connectivity index (χ1n) is 9.36. The molecule has 2 aromatic heterocycles. The zero-order valence-electron chi connectivity index (χ0n) is 15.4. The van der Waals surface area contributed by atoms with Crippen molar-refractivity contribution in [2.75, 3.05) is 11.9 Å². The van der Waals surface area contributed by atoms with E-state index in [1.54, 1.807) is 6.20 Å². The van der Waals surface area contributed by atoms with Crippen LogP contribution in [-0.2, 0) is 0 Å². The maximum atomic E-state index is 12.6. The molecule has 3 heterocycles. The Balaban J connectivity index is 1.79. The normalized spacial score (nSPS) is 14.8. The molecule has 4 aromatic rings. The molecule has 2 N–H and O–H groups in total. The molecule has 2 aromatic carbocycles. The third kappa shape index (κ3) is 2.55. The van der Waals surface area contributed by atoms with E-state index in [1.807, 2.05) is 55.5 Å². The standard InChI is InChI=1S/C23H19N3O2/c1-2-28-15-11-9-14(10-12-15)19-20-16-6-3-4-7-17(16)23(27)26-22(20)25-18-8-5-13-24-21(18)19/h3-13,19H,2H2,1H3,(H2,25,26,27). The van der Waals surface area contributed by atoms with Crippen LogP contribution >= 0.6 is 0 Å². The number of fused-ring (bicyclic) bond motifs is 4. The van der Waals surface area contributed by atoms with E-state index in [0.717, 1.165) is 39.5 Å². The summed E-state index contributed by atoms with van der Waals surface area (Å²) in [7, 11) is 0. The van der Waals surface area contributed by atoms with Gasteiger partial charge in [0.25, 0.3) is 5.56 Å². The Morgan fingerprint density at radius 3 is 2.57 bits per heavy atom. The van der Waals surface area contributed by atoms with Crippen molar-refractivity contribution in [2.45, 2.75) is 12.8 Å². The summed E-state index contributed by atoms with van der Waals surface area (Å²) in [6, 6.07) is 19.7. The Labute approximate surface area is 162 Å². The first-order valence-corrected chi connectivity index (χ1v) is 9.36. The van der Waals surface area contributed by atoms with Gasteiger partial charge in [0.15, 0.2) is 0 Å². The van der Waals surface area contributed by atoms with E-state index >= 15 is 0 Å². The first-order chi connectivity index (χ1) is 13.8. The molecule has 1 atom stereocenters. The zero-order chi connectivity index (χ0) is 19.1. The largest absolute Gasteiger partial charge is 0.494 e. The molecule has 1 unspecified atom stereocenters. The van der Waals surface area contributed by atoms with Gasteiger partial charge in [-0.2, -0.15) is 0 Å². The number of nitrogens with one attached hydrogen (secondary N) is 2. The minimum absolute atomic E-state index is 0.0927. The van der Waals surface area contributed by atoms with Crippen molar-refractivity contribution in [3.8, 4) is 5.75 Å².